The summed E-state index contributed by atoms with van der Waals surface area (Å²) < 4.78 is 5.35. The zero-order valence-corrected chi connectivity index (χ0v) is 20.0. The number of para-hydroxylation sites is 1. The second-order valence-electron chi connectivity index (χ2n) is 9.85. The van der Waals surface area contributed by atoms with Crippen molar-refractivity contribution in [2.75, 3.05) is 44.3 Å². The van der Waals surface area contributed by atoms with Gasteiger partial charge in [-0.3, -0.25) is 4.79 Å². The first-order valence-electron chi connectivity index (χ1n) is 12.7. The molecule has 2 N–H and O–H groups in total. The third-order valence-electron chi connectivity index (χ3n) is 7.52. The average Bonchev–Trinajstić information content (AvgIpc) is 2.90. The summed E-state index contributed by atoms with van der Waals surface area (Å²) in [6.45, 7) is 3.49. The van der Waals surface area contributed by atoms with E-state index in [1.807, 2.05) is 18.2 Å². The predicted molar refractivity (Wildman–Crippen MR) is 130 cm³/mol. The van der Waals surface area contributed by atoms with Crippen LogP contribution in [0.5, 0.6) is 0 Å². The molecule has 8 heteroatoms. The van der Waals surface area contributed by atoms with Crippen LogP contribution in [0.15, 0.2) is 30.3 Å². The van der Waals surface area contributed by atoms with E-state index in [4.69, 9.17) is 4.74 Å². The summed E-state index contributed by atoms with van der Waals surface area (Å²) in [6, 6.07) is 11.7. The van der Waals surface area contributed by atoms with E-state index in [0.29, 0.717) is 64.6 Å². The third kappa shape index (κ3) is 6.20. The zero-order chi connectivity index (χ0) is 23.8. The molecule has 0 spiro atoms. The van der Waals surface area contributed by atoms with Crippen molar-refractivity contribution in [3.8, 4) is 6.07 Å². The number of hydrogen-bond donors (Lipinski definition) is 2. The number of nitrogens with one attached hydrogen (secondary N) is 2. The second-order valence-corrected chi connectivity index (χ2v) is 9.85. The molecule has 2 saturated heterocycles. The van der Waals surface area contributed by atoms with Gasteiger partial charge in [-0.05, 0) is 24.5 Å². The van der Waals surface area contributed by atoms with Crippen molar-refractivity contribution < 1.29 is 14.3 Å². The van der Waals surface area contributed by atoms with Crippen molar-refractivity contribution in [1.29, 1.82) is 5.26 Å². The van der Waals surface area contributed by atoms with Crippen molar-refractivity contribution in [2.45, 2.75) is 62.9 Å². The average molecular weight is 468 g/mol. The number of anilines is 1. The van der Waals surface area contributed by atoms with Crippen LogP contribution in [0, 0.1) is 17.2 Å². The summed E-state index contributed by atoms with van der Waals surface area (Å²) in [5.41, 5.74) is 0.227. The van der Waals surface area contributed by atoms with Crippen LogP contribution in [0.3, 0.4) is 0 Å². The molecular weight excluding hydrogens is 430 g/mol. The van der Waals surface area contributed by atoms with Gasteiger partial charge in [0.15, 0.2) is 0 Å². The van der Waals surface area contributed by atoms with E-state index in [0.717, 1.165) is 18.5 Å². The van der Waals surface area contributed by atoms with Gasteiger partial charge in [0.2, 0.25) is 5.91 Å². The molecule has 0 bridgehead atoms. The Balaban J connectivity index is 1.40. The highest BCUT2D eigenvalue weighted by molar-refractivity contribution is 5.88. The summed E-state index contributed by atoms with van der Waals surface area (Å²) in [4.78, 5) is 30.4. The Morgan fingerprint density at radius 1 is 1.06 bits per heavy atom. The van der Waals surface area contributed by atoms with E-state index < -0.39 is 11.6 Å². The fourth-order valence-corrected chi connectivity index (χ4v) is 5.37. The van der Waals surface area contributed by atoms with Gasteiger partial charge < -0.3 is 25.2 Å². The molecule has 8 nitrogen and oxygen atoms in total. The number of benzene rings is 1. The van der Waals surface area contributed by atoms with Crippen molar-refractivity contribution in [1.82, 2.24) is 15.5 Å². The number of ether oxygens (including phenoxy) is 1. The topological polar surface area (TPSA) is 97.7 Å². The summed E-state index contributed by atoms with van der Waals surface area (Å²) in [6.07, 6.45) is 7.50. The molecule has 1 aliphatic carbocycles. The highest BCUT2D eigenvalue weighted by Crippen LogP contribution is 2.29. The van der Waals surface area contributed by atoms with Gasteiger partial charge in [0.05, 0.1) is 19.3 Å². The number of morpholine rings is 1. The number of nitriles is 1. The Labute approximate surface area is 202 Å². The van der Waals surface area contributed by atoms with E-state index in [9.17, 15) is 14.9 Å². The lowest BCUT2D eigenvalue weighted by molar-refractivity contribution is -0.125. The summed E-state index contributed by atoms with van der Waals surface area (Å²) in [7, 11) is 0. The van der Waals surface area contributed by atoms with Crippen LogP contribution in [0.25, 0.3) is 0 Å². The monoisotopic (exact) mass is 467 g/mol. The molecule has 1 atom stereocenters. The van der Waals surface area contributed by atoms with Crippen LogP contribution >= 0.6 is 0 Å². The number of rotatable bonds is 6. The summed E-state index contributed by atoms with van der Waals surface area (Å²) in [5, 5.41) is 16.1. The van der Waals surface area contributed by atoms with Crippen LogP contribution in [0.2, 0.25) is 0 Å². The molecule has 3 aliphatic rings. The van der Waals surface area contributed by atoms with E-state index in [-0.39, 0.29) is 11.9 Å². The van der Waals surface area contributed by atoms with Crippen molar-refractivity contribution in [3.05, 3.63) is 30.3 Å². The van der Waals surface area contributed by atoms with E-state index in [2.05, 4.69) is 33.7 Å². The lowest BCUT2D eigenvalue weighted by Gasteiger charge is -2.40. The summed E-state index contributed by atoms with van der Waals surface area (Å²) in [5.74, 6) is 0.189. The molecular formula is C26H37N5O3. The fourth-order valence-electron chi connectivity index (χ4n) is 5.37. The van der Waals surface area contributed by atoms with Gasteiger partial charge >= 0.3 is 6.03 Å². The molecule has 1 aromatic rings. The van der Waals surface area contributed by atoms with E-state index >= 15 is 0 Å². The van der Waals surface area contributed by atoms with Gasteiger partial charge in [-0.2, -0.15) is 5.26 Å². The van der Waals surface area contributed by atoms with E-state index in [1.54, 1.807) is 4.90 Å². The number of carbonyl (C=O) groups excluding carboxylic acids is 2. The second kappa shape index (κ2) is 11.6. The summed E-state index contributed by atoms with van der Waals surface area (Å²) >= 11 is 0. The molecule has 184 valence electrons. The standard InChI is InChI=1S/C26H37N5O3/c27-20-26(11-13-30(14-12-26)22-9-5-2-6-10-22)29-24(32)23(19-21-7-3-1-4-8-21)28-25(33)31-15-17-34-18-16-31/h2,5-6,9-10,21,23H,1,3-4,7-8,11-19H2,(H,28,33)(H,29,32). The Bertz CT molecular complexity index is 851. The van der Waals surface area contributed by atoms with Crippen LogP contribution in [0.1, 0.15) is 51.4 Å². The number of urea groups is 1. The minimum absolute atomic E-state index is 0.218. The lowest BCUT2D eigenvalue weighted by atomic mass is 9.84. The molecule has 1 saturated carbocycles. The SMILES string of the molecule is N#CC1(NC(=O)C(CC2CCCCC2)NC(=O)N2CCOCC2)CCN(c2ccccc2)CC1. The molecule has 0 aromatic heterocycles. The van der Waals surface area contributed by atoms with Gasteiger partial charge in [-0.25, -0.2) is 4.79 Å². The zero-order valence-electron chi connectivity index (χ0n) is 20.0. The van der Waals surface area contributed by atoms with Gasteiger partial charge in [0, 0.05) is 44.7 Å². The van der Waals surface area contributed by atoms with Crippen LogP contribution in [-0.4, -0.2) is 67.8 Å². The molecule has 0 radical (unpaired) electrons. The number of piperidine rings is 1. The lowest BCUT2D eigenvalue weighted by Crippen LogP contribution is -2.60. The van der Waals surface area contributed by atoms with E-state index in [1.165, 1.54) is 19.3 Å². The van der Waals surface area contributed by atoms with Crippen molar-refractivity contribution in [2.24, 2.45) is 5.92 Å². The molecule has 2 heterocycles. The highest BCUT2D eigenvalue weighted by Gasteiger charge is 2.39. The molecule has 2 aliphatic heterocycles. The van der Waals surface area contributed by atoms with Crippen LogP contribution < -0.4 is 15.5 Å². The van der Waals surface area contributed by atoms with Crippen LogP contribution in [0.4, 0.5) is 10.5 Å². The predicted octanol–water partition coefficient (Wildman–Crippen LogP) is 3.05. The quantitative estimate of drug-likeness (QED) is 0.670. The van der Waals surface area contributed by atoms with Gasteiger partial charge in [-0.15, -0.1) is 0 Å². The van der Waals surface area contributed by atoms with Crippen molar-refractivity contribution in [3.63, 3.8) is 0 Å². The third-order valence-corrected chi connectivity index (χ3v) is 7.52. The fraction of sp³-hybridized carbons (Fsp3) is 0.654. The molecule has 1 aromatic carbocycles. The largest absolute Gasteiger partial charge is 0.378 e. The Morgan fingerprint density at radius 2 is 1.74 bits per heavy atom. The van der Waals surface area contributed by atoms with Crippen LogP contribution in [-0.2, 0) is 9.53 Å². The first kappa shape index (κ1) is 24.3. The normalized spacial score (nSPS) is 21.9. The molecule has 4 rings (SSSR count). The van der Waals surface area contributed by atoms with Gasteiger partial charge in [0.25, 0.3) is 0 Å². The smallest absolute Gasteiger partial charge is 0.318 e. The first-order valence-corrected chi connectivity index (χ1v) is 12.7. The molecule has 3 amide bonds. The maximum absolute atomic E-state index is 13.5. The Kier molecular flexibility index (Phi) is 8.28. The van der Waals surface area contributed by atoms with Gasteiger partial charge in [-0.1, -0.05) is 50.3 Å². The minimum Gasteiger partial charge on any atom is -0.378 e. The molecule has 3 fully saturated rings. The van der Waals surface area contributed by atoms with Gasteiger partial charge in [0.1, 0.15) is 11.6 Å². The number of hydrogen-bond acceptors (Lipinski definition) is 5. The maximum atomic E-state index is 13.5. The molecule has 1 unspecified atom stereocenters. The molecule has 34 heavy (non-hydrogen) atoms. The Morgan fingerprint density at radius 3 is 2.38 bits per heavy atom. The number of carbonyl (C=O) groups is 2. The highest BCUT2D eigenvalue weighted by atomic mass is 16.5. The number of amides is 3. The maximum Gasteiger partial charge on any atom is 0.318 e. The first-order chi connectivity index (χ1) is 16.6. The Hall–Kier alpha value is -2.79. The van der Waals surface area contributed by atoms with Crippen molar-refractivity contribution >= 4 is 17.6 Å². The minimum atomic E-state index is -0.906. The number of nitrogens with zero attached hydrogens (tertiary/aromatic N) is 3.